The molecule has 0 saturated heterocycles. The molecule has 0 aliphatic rings. The summed E-state index contributed by atoms with van der Waals surface area (Å²) in [6.45, 7) is 4.52. The second-order valence-corrected chi connectivity index (χ2v) is 9.23. The monoisotopic (exact) mass is 447 g/mol. The molecule has 7 heteroatoms. The van der Waals surface area contributed by atoms with Crippen LogP contribution in [0.5, 0.6) is 0 Å². The quantitative estimate of drug-likeness (QED) is 0.485. The van der Waals surface area contributed by atoms with Crippen LogP contribution in [0.3, 0.4) is 0 Å². The molecule has 0 aliphatic carbocycles. The molecule has 2 aromatic carbocycles. The van der Waals surface area contributed by atoms with Crippen molar-refractivity contribution in [2.75, 3.05) is 0 Å². The molecule has 0 bridgehead atoms. The average Bonchev–Trinajstić information content (AvgIpc) is 2.80. The molecule has 32 heavy (non-hydrogen) atoms. The summed E-state index contributed by atoms with van der Waals surface area (Å²) in [4.78, 5) is 17.5. The van der Waals surface area contributed by atoms with Crippen LogP contribution in [0.4, 0.5) is 0 Å². The summed E-state index contributed by atoms with van der Waals surface area (Å²) in [7, 11) is -3.83. The van der Waals surface area contributed by atoms with E-state index in [1.165, 1.54) is 6.07 Å². The molecule has 4 rings (SSSR count). The van der Waals surface area contributed by atoms with Gasteiger partial charge >= 0.3 is 0 Å². The Morgan fingerprint density at radius 2 is 1.66 bits per heavy atom. The average molecular weight is 448 g/mol. The summed E-state index contributed by atoms with van der Waals surface area (Å²) in [5.74, 6) is 0. The van der Waals surface area contributed by atoms with Crippen LogP contribution in [-0.2, 0) is 29.4 Å². The lowest BCUT2D eigenvalue weighted by molar-refractivity contribution is 0.598. The predicted molar refractivity (Wildman–Crippen MR) is 127 cm³/mol. The highest BCUT2D eigenvalue weighted by Crippen LogP contribution is 2.27. The van der Waals surface area contributed by atoms with Crippen molar-refractivity contribution in [1.82, 2.24) is 9.55 Å². The van der Waals surface area contributed by atoms with Gasteiger partial charge in [0.25, 0.3) is 5.56 Å². The first-order valence-electron chi connectivity index (χ1n) is 10.5. The molecule has 2 heterocycles. The number of nitrogens with zero attached hydrogens (tertiary/aromatic N) is 2. The Balaban J connectivity index is 1.76. The summed E-state index contributed by atoms with van der Waals surface area (Å²) in [5, 5.41) is 6.36. The number of sulfonamides is 1. The van der Waals surface area contributed by atoms with Crippen LogP contribution in [0, 0.1) is 0 Å². The van der Waals surface area contributed by atoms with E-state index in [4.69, 9.17) is 10.1 Å². The van der Waals surface area contributed by atoms with Crippen molar-refractivity contribution >= 4 is 20.9 Å². The van der Waals surface area contributed by atoms with Gasteiger partial charge in [-0.2, -0.15) is 0 Å². The van der Waals surface area contributed by atoms with Gasteiger partial charge in [0.05, 0.1) is 17.0 Å². The maximum Gasteiger partial charge on any atom is 0.251 e. The first-order chi connectivity index (χ1) is 15.3. The lowest BCUT2D eigenvalue weighted by Crippen LogP contribution is -2.20. The molecule has 0 radical (unpaired) electrons. The van der Waals surface area contributed by atoms with Gasteiger partial charge in [-0.15, -0.1) is 0 Å². The van der Waals surface area contributed by atoms with Crippen LogP contribution in [0.1, 0.15) is 30.8 Å². The molecular formula is C25H25N3O3S. The standard InChI is InChI=1S/C25H25N3O3S/c1-3-19-15-23-21(22(4-2)27-19)13-14-25(29)28(23)16-17-9-11-18(12-10-17)20-7-5-6-8-24(20)32(26,30)31/h5-15H,3-4,16H2,1-2H3,(H2,26,30,31). The zero-order chi connectivity index (χ0) is 22.9. The third-order valence-electron chi connectivity index (χ3n) is 5.61. The van der Waals surface area contributed by atoms with Crippen LogP contribution in [0.2, 0.25) is 0 Å². The molecule has 6 nitrogen and oxygen atoms in total. The molecule has 2 aromatic heterocycles. The number of benzene rings is 2. The van der Waals surface area contributed by atoms with E-state index in [0.717, 1.165) is 46.3 Å². The molecule has 0 atom stereocenters. The number of aryl methyl sites for hydroxylation is 2. The van der Waals surface area contributed by atoms with Gasteiger partial charge in [-0.1, -0.05) is 56.3 Å². The summed E-state index contributed by atoms with van der Waals surface area (Å²) in [5.41, 5.74) is 4.99. The van der Waals surface area contributed by atoms with Gasteiger partial charge in [-0.05, 0) is 42.2 Å². The van der Waals surface area contributed by atoms with E-state index in [1.807, 2.05) is 36.4 Å². The van der Waals surface area contributed by atoms with Crippen LogP contribution in [0.25, 0.3) is 22.0 Å². The van der Waals surface area contributed by atoms with Gasteiger partial charge in [-0.25, -0.2) is 13.6 Å². The van der Waals surface area contributed by atoms with Crippen molar-refractivity contribution in [3.05, 3.63) is 94.0 Å². The number of nitrogens with two attached hydrogens (primary N) is 1. The van der Waals surface area contributed by atoms with Crippen molar-refractivity contribution in [3.63, 3.8) is 0 Å². The molecule has 2 N–H and O–H groups in total. The van der Waals surface area contributed by atoms with Crippen molar-refractivity contribution < 1.29 is 8.42 Å². The van der Waals surface area contributed by atoms with Gasteiger partial charge in [0.1, 0.15) is 0 Å². The predicted octanol–water partition coefficient (Wildman–Crippen LogP) is 3.88. The molecular weight excluding hydrogens is 422 g/mol. The van der Waals surface area contributed by atoms with Crippen LogP contribution >= 0.6 is 0 Å². The van der Waals surface area contributed by atoms with Crippen LogP contribution < -0.4 is 10.7 Å². The fourth-order valence-electron chi connectivity index (χ4n) is 3.96. The van der Waals surface area contributed by atoms with E-state index in [9.17, 15) is 13.2 Å². The number of hydrogen-bond acceptors (Lipinski definition) is 4. The molecule has 0 aliphatic heterocycles. The molecule has 0 amide bonds. The van der Waals surface area contributed by atoms with E-state index in [0.29, 0.717) is 12.1 Å². The number of pyridine rings is 2. The van der Waals surface area contributed by atoms with Crippen molar-refractivity contribution in [3.8, 4) is 11.1 Å². The summed E-state index contributed by atoms with van der Waals surface area (Å²) in [6.07, 6.45) is 1.59. The molecule has 0 unspecified atom stereocenters. The summed E-state index contributed by atoms with van der Waals surface area (Å²) >= 11 is 0. The second-order valence-electron chi connectivity index (χ2n) is 7.70. The Morgan fingerprint density at radius 1 is 0.938 bits per heavy atom. The first kappa shape index (κ1) is 21.9. The summed E-state index contributed by atoms with van der Waals surface area (Å²) in [6, 6.07) is 19.6. The van der Waals surface area contributed by atoms with E-state index >= 15 is 0 Å². The molecule has 0 spiro atoms. The fourth-order valence-corrected chi connectivity index (χ4v) is 4.72. The zero-order valence-corrected chi connectivity index (χ0v) is 18.9. The Kier molecular flexibility index (Phi) is 5.95. The number of primary sulfonamides is 1. The van der Waals surface area contributed by atoms with Crippen LogP contribution in [0.15, 0.2) is 76.4 Å². The minimum Gasteiger partial charge on any atom is -0.304 e. The van der Waals surface area contributed by atoms with E-state index in [1.54, 1.807) is 28.8 Å². The van der Waals surface area contributed by atoms with Crippen LogP contribution in [-0.4, -0.2) is 18.0 Å². The number of fused-ring (bicyclic) bond motifs is 1. The highest BCUT2D eigenvalue weighted by Gasteiger charge is 2.15. The topological polar surface area (TPSA) is 95.0 Å². The van der Waals surface area contributed by atoms with Gasteiger partial charge < -0.3 is 4.57 Å². The lowest BCUT2D eigenvalue weighted by Gasteiger charge is -2.14. The number of hydrogen-bond donors (Lipinski definition) is 1. The SMILES string of the molecule is CCc1cc2c(ccc(=O)n2Cc2ccc(-c3ccccc3S(N)(=O)=O)cc2)c(CC)n1. The minimum atomic E-state index is -3.83. The third-order valence-corrected chi connectivity index (χ3v) is 6.58. The molecule has 0 saturated carbocycles. The van der Waals surface area contributed by atoms with Gasteiger partial charge in [0.2, 0.25) is 10.0 Å². The van der Waals surface area contributed by atoms with Crippen molar-refractivity contribution in [2.45, 2.75) is 38.1 Å². The van der Waals surface area contributed by atoms with Crippen molar-refractivity contribution in [2.24, 2.45) is 5.14 Å². The smallest absolute Gasteiger partial charge is 0.251 e. The Hall–Kier alpha value is -3.29. The number of rotatable bonds is 6. The Bertz CT molecular complexity index is 1460. The van der Waals surface area contributed by atoms with E-state index < -0.39 is 10.0 Å². The summed E-state index contributed by atoms with van der Waals surface area (Å²) < 4.78 is 25.6. The van der Waals surface area contributed by atoms with E-state index in [2.05, 4.69) is 13.8 Å². The van der Waals surface area contributed by atoms with Crippen molar-refractivity contribution in [1.29, 1.82) is 0 Å². The van der Waals surface area contributed by atoms with Gasteiger partial charge in [0.15, 0.2) is 0 Å². The molecule has 4 aromatic rings. The first-order valence-corrected chi connectivity index (χ1v) is 12.1. The third kappa shape index (κ3) is 4.22. The highest BCUT2D eigenvalue weighted by molar-refractivity contribution is 7.89. The highest BCUT2D eigenvalue weighted by atomic mass is 32.2. The van der Waals surface area contributed by atoms with Gasteiger partial charge in [-0.3, -0.25) is 9.78 Å². The maximum atomic E-state index is 12.7. The number of aromatic nitrogens is 2. The Morgan fingerprint density at radius 3 is 2.31 bits per heavy atom. The Labute approximate surface area is 187 Å². The minimum absolute atomic E-state index is 0.0727. The maximum absolute atomic E-state index is 12.7. The lowest BCUT2D eigenvalue weighted by atomic mass is 10.0. The van der Waals surface area contributed by atoms with E-state index in [-0.39, 0.29) is 10.5 Å². The second kappa shape index (κ2) is 8.68. The largest absolute Gasteiger partial charge is 0.304 e. The zero-order valence-electron chi connectivity index (χ0n) is 18.1. The van der Waals surface area contributed by atoms with Gasteiger partial charge in [0, 0.05) is 28.4 Å². The molecule has 164 valence electrons. The fraction of sp³-hybridized carbons (Fsp3) is 0.200. The normalized spacial score (nSPS) is 11.7. The molecule has 0 fully saturated rings.